The van der Waals surface area contributed by atoms with Crippen LogP contribution in [0, 0.1) is 6.92 Å². The fraction of sp³-hybridized carbons (Fsp3) is 0.0476. The molecule has 0 aliphatic rings. The molecule has 4 aromatic rings. The summed E-state index contributed by atoms with van der Waals surface area (Å²) in [6, 6.07) is 19.5. The SMILES string of the molecule is Cc1c(-c2ncc3ccccc3c2C(=O)O)ccc2ccccc12. The second kappa shape index (κ2) is 5.46. The van der Waals surface area contributed by atoms with Crippen molar-refractivity contribution in [3.8, 4) is 11.3 Å². The van der Waals surface area contributed by atoms with E-state index in [1.54, 1.807) is 6.20 Å². The number of hydrogen-bond acceptors (Lipinski definition) is 2. The van der Waals surface area contributed by atoms with Gasteiger partial charge in [-0.15, -0.1) is 0 Å². The van der Waals surface area contributed by atoms with Crippen molar-refractivity contribution in [3.05, 3.63) is 78.0 Å². The summed E-state index contributed by atoms with van der Waals surface area (Å²) in [5.41, 5.74) is 2.67. The van der Waals surface area contributed by atoms with Crippen LogP contribution in [0.15, 0.2) is 66.9 Å². The standard InChI is InChI=1S/C21H15NO2/c1-13-16-8-4-2-6-14(16)10-11-17(13)20-19(21(23)24)18-9-5-3-7-15(18)12-22-20/h2-12H,1H3,(H,23,24). The minimum absolute atomic E-state index is 0.256. The fourth-order valence-corrected chi connectivity index (χ4v) is 3.27. The van der Waals surface area contributed by atoms with Gasteiger partial charge in [0.05, 0.1) is 11.3 Å². The van der Waals surface area contributed by atoms with E-state index in [4.69, 9.17) is 0 Å². The lowest BCUT2D eigenvalue weighted by Gasteiger charge is -2.13. The minimum atomic E-state index is -0.957. The first kappa shape index (κ1) is 14.4. The van der Waals surface area contributed by atoms with Gasteiger partial charge in [-0.05, 0) is 28.6 Å². The molecule has 0 aliphatic carbocycles. The van der Waals surface area contributed by atoms with Crippen molar-refractivity contribution in [1.82, 2.24) is 4.98 Å². The number of aromatic nitrogens is 1. The first-order chi connectivity index (χ1) is 11.7. The highest BCUT2D eigenvalue weighted by atomic mass is 16.4. The molecule has 3 aromatic carbocycles. The van der Waals surface area contributed by atoms with Gasteiger partial charge in [0.15, 0.2) is 0 Å². The summed E-state index contributed by atoms with van der Waals surface area (Å²) >= 11 is 0. The molecule has 1 aromatic heterocycles. The normalized spacial score (nSPS) is 11.0. The number of carboxylic acids is 1. The highest BCUT2D eigenvalue weighted by Gasteiger charge is 2.19. The molecule has 0 bridgehead atoms. The molecule has 0 radical (unpaired) electrons. The molecule has 0 aliphatic heterocycles. The number of benzene rings is 3. The predicted octanol–water partition coefficient (Wildman–Crippen LogP) is 5.06. The maximum Gasteiger partial charge on any atom is 0.338 e. The van der Waals surface area contributed by atoms with Crippen LogP contribution in [0.3, 0.4) is 0 Å². The number of nitrogens with zero attached hydrogens (tertiary/aromatic N) is 1. The van der Waals surface area contributed by atoms with Crippen LogP contribution in [0.2, 0.25) is 0 Å². The van der Waals surface area contributed by atoms with Gasteiger partial charge in [-0.2, -0.15) is 0 Å². The molecule has 0 amide bonds. The average molecular weight is 313 g/mol. The average Bonchev–Trinajstić information content (AvgIpc) is 2.61. The zero-order valence-corrected chi connectivity index (χ0v) is 13.2. The van der Waals surface area contributed by atoms with Gasteiger partial charge in [0.1, 0.15) is 0 Å². The van der Waals surface area contributed by atoms with E-state index in [0.29, 0.717) is 11.1 Å². The third-order valence-electron chi connectivity index (χ3n) is 4.47. The Morgan fingerprint density at radius 1 is 0.875 bits per heavy atom. The van der Waals surface area contributed by atoms with Crippen molar-refractivity contribution in [3.63, 3.8) is 0 Å². The summed E-state index contributed by atoms with van der Waals surface area (Å²) in [6.45, 7) is 2.01. The van der Waals surface area contributed by atoms with Crippen LogP contribution in [-0.2, 0) is 0 Å². The van der Waals surface area contributed by atoms with Gasteiger partial charge < -0.3 is 5.11 Å². The molecular formula is C21H15NO2. The van der Waals surface area contributed by atoms with E-state index in [0.717, 1.165) is 27.3 Å². The monoisotopic (exact) mass is 313 g/mol. The molecular weight excluding hydrogens is 298 g/mol. The van der Waals surface area contributed by atoms with Crippen LogP contribution >= 0.6 is 0 Å². The number of fused-ring (bicyclic) bond motifs is 2. The third kappa shape index (κ3) is 2.14. The van der Waals surface area contributed by atoms with Gasteiger partial charge in [-0.25, -0.2) is 4.79 Å². The smallest absolute Gasteiger partial charge is 0.338 e. The second-order valence-electron chi connectivity index (χ2n) is 5.83. The van der Waals surface area contributed by atoms with Crippen molar-refractivity contribution in [2.75, 3.05) is 0 Å². The van der Waals surface area contributed by atoms with E-state index in [-0.39, 0.29) is 5.56 Å². The number of hydrogen-bond donors (Lipinski definition) is 1. The van der Waals surface area contributed by atoms with Gasteiger partial charge in [0, 0.05) is 17.1 Å². The number of carbonyl (C=O) groups is 1. The summed E-state index contributed by atoms with van der Waals surface area (Å²) in [5, 5.41) is 13.6. The van der Waals surface area contributed by atoms with Crippen molar-refractivity contribution in [1.29, 1.82) is 0 Å². The van der Waals surface area contributed by atoms with E-state index < -0.39 is 5.97 Å². The molecule has 1 heterocycles. The number of aryl methyl sites for hydroxylation is 1. The van der Waals surface area contributed by atoms with Crippen molar-refractivity contribution >= 4 is 27.5 Å². The summed E-state index contributed by atoms with van der Waals surface area (Å²) in [5.74, 6) is -0.957. The molecule has 0 saturated heterocycles. The maximum atomic E-state index is 11.9. The zero-order valence-electron chi connectivity index (χ0n) is 13.2. The molecule has 116 valence electrons. The number of rotatable bonds is 2. The predicted molar refractivity (Wildman–Crippen MR) is 96.4 cm³/mol. The van der Waals surface area contributed by atoms with Crippen LogP contribution in [0.5, 0.6) is 0 Å². The van der Waals surface area contributed by atoms with Gasteiger partial charge in [-0.1, -0.05) is 60.7 Å². The van der Waals surface area contributed by atoms with E-state index in [1.165, 1.54) is 0 Å². The topological polar surface area (TPSA) is 50.2 Å². The second-order valence-corrected chi connectivity index (χ2v) is 5.83. The first-order valence-corrected chi connectivity index (χ1v) is 7.76. The van der Waals surface area contributed by atoms with E-state index >= 15 is 0 Å². The quantitative estimate of drug-likeness (QED) is 0.562. The molecule has 4 rings (SSSR count). The number of carboxylic acid groups (broad SMARTS) is 1. The van der Waals surface area contributed by atoms with E-state index in [2.05, 4.69) is 17.1 Å². The Labute approximate surface area is 139 Å². The minimum Gasteiger partial charge on any atom is -0.478 e. The Bertz CT molecular complexity index is 1100. The fourth-order valence-electron chi connectivity index (χ4n) is 3.27. The van der Waals surface area contributed by atoms with Crippen molar-refractivity contribution in [2.45, 2.75) is 6.92 Å². The van der Waals surface area contributed by atoms with E-state index in [1.807, 2.05) is 55.5 Å². The summed E-state index contributed by atoms with van der Waals surface area (Å²) < 4.78 is 0. The lowest BCUT2D eigenvalue weighted by atomic mass is 9.94. The largest absolute Gasteiger partial charge is 0.478 e. The summed E-state index contributed by atoms with van der Waals surface area (Å²) in [6.07, 6.45) is 1.74. The van der Waals surface area contributed by atoms with Crippen LogP contribution < -0.4 is 0 Å². The molecule has 0 saturated carbocycles. The highest BCUT2D eigenvalue weighted by Crippen LogP contribution is 2.33. The van der Waals surface area contributed by atoms with Crippen LogP contribution in [0.1, 0.15) is 15.9 Å². The van der Waals surface area contributed by atoms with Gasteiger partial charge in [-0.3, -0.25) is 4.98 Å². The highest BCUT2D eigenvalue weighted by molar-refractivity contribution is 6.09. The molecule has 1 N–H and O–H groups in total. The molecule has 3 nitrogen and oxygen atoms in total. The van der Waals surface area contributed by atoms with Crippen LogP contribution in [-0.4, -0.2) is 16.1 Å². The molecule has 3 heteroatoms. The maximum absolute atomic E-state index is 11.9. The Kier molecular flexibility index (Phi) is 3.28. The summed E-state index contributed by atoms with van der Waals surface area (Å²) in [4.78, 5) is 16.4. The number of pyridine rings is 1. The van der Waals surface area contributed by atoms with Crippen molar-refractivity contribution < 1.29 is 9.90 Å². The zero-order chi connectivity index (χ0) is 16.7. The number of aromatic carboxylic acids is 1. The molecule has 24 heavy (non-hydrogen) atoms. The van der Waals surface area contributed by atoms with Crippen molar-refractivity contribution in [2.24, 2.45) is 0 Å². The molecule has 0 spiro atoms. The molecule has 0 unspecified atom stereocenters. The molecule has 0 atom stereocenters. The Hall–Kier alpha value is -3.20. The van der Waals surface area contributed by atoms with Gasteiger partial charge in [0.2, 0.25) is 0 Å². The Morgan fingerprint density at radius 2 is 1.54 bits per heavy atom. The first-order valence-electron chi connectivity index (χ1n) is 7.76. The lowest BCUT2D eigenvalue weighted by molar-refractivity contribution is 0.0699. The lowest BCUT2D eigenvalue weighted by Crippen LogP contribution is -2.04. The van der Waals surface area contributed by atoms with Gasteiger partial charge in [0.25, 0.3) is 0 Å². The Balaban J connectivity index is 2.09. The van der Waals surface area contributed by atoms with Gasteiger partial charge >= 0.3 is 5.97 Å². The Morgan fingerprint density at radius 3 is 2.29 bits per heavy atom. The molecule has 0 fully saturated rings. The third-order valence-corrected chi connectivity index (χ3v) is 4.47. The van der Waals surface area contributed by atoms with Crippen LogP contribution in [0.4, 0.5) is 0 Å². The summed E-state index contributed by atoms with van der Waals surface area (Å²) in [7, 11) is 0. The van der Waals surface area contributed by atoms with Crippen LogP contribution in [0.25, 0.3) is 32.8 Å². The van der Waals surface area contributed by atoms with E-state index in [9.17, 15) is 9.90 Å².